The van der Waals surface area contributed by atoms with Gasteiger partial charge in [0.05, 0.1) is 26.7 Å². The Hall–Kier alpha value is -3.79. The summed E-state index contributed by atoms with van der Waals surface area (Å²) < 4.78 is 15.5. The number of benzene rings is 2. The Bertz CT molecular complexity index is 903. The van der Waals surface area contributed by atoms with E-state index in [2.05, 4.69) is 0 Å². The Morgan fingerprint density at radius 1 is 1.10 bits per heavy atom. The van der Waals surface area contributed by atoms with E-state index in [1.165, 1.54) is 24.2 Å². The van der Waals surface area contributed by atoms with Crippen LogP contribution in [0, 0.1) is 11.3 Å². The molecule has 0 radical (unpaired) electrons. The van der Waals surface area contributed by atoms with Gasteiger partial charge >= 0.3 is 5.97 Å². The van der Waals surface area contributed by atoms with Crippen LogP contribution in [-0.2, 0) is 14.3 Å². The summed E-state index contributed by atoms with van der Waals surface area (Å²) in [6.07, 6.45) is 2.93. The van der Waals surface area contributed by atoms with Gasteiger partial charge in [0, 0.05) is 29.9 Å². The lowest BCUT2D eigenvalue weighted by Gasteiger charge is -2.21. The van der Waals surface area contributed by atoms with Crippen LogP contribution in [0.4, 0.5) is 5.69 Å². The predicted molar refractivity (Wildman–Crippen MR) is 109 cm³/mol. The number of nitriles is 1. The fourth-order valence-electron chi connectivity index (χ4n) is 2.54. The maximum absolute atomic E-state index is 12.5. The summed E-state index contributed by atoms with van der Waals surface area (Å²) in [6, 6.07) is 16.1. The van der Waals surface area contributed by atoms with Crippen LogP contribution in [0.3, 0.4) is 0 Å². The van der Waals surface area contributed by atoms with E-state index in [1.54, 1.807) is 49.6 Å². The second-order valence-electron chi connectivity index (χ2n) is 5.84. The third-order valence-electron chi connectivity index (χ3n) is 3.99. The summed E-state index contributed by atoms with van der Waals surface area (Å²) in [5, 5.41) is 8.82. The number of carbonyl (C=O) groups excluding carboxylic acids is 2. The minimum atomic E-state index is -0.662. The Morgan fingerprint density at radius 2 is 1.86 bits per heavy atom. The summed E-state index contributed by atoms with van der Waals surface area (Å²) in [5.74, 6) is 0.0986. The molecule has 0 heterocycles. The van der Waals surface area contributed by atoms with Gasteiger partial charge in [-0.3, -0.25) is 4.79 Å². The van der Waals surface area contributed by atoms with Gasteiger partial charge in [-0.2, -0.15) is 5.26 Å². The zero-order valence-electron chi connectivity index (χ0n) is 16.3. The molecule has 0 unspecified atom stereocenters. The molecule has 0 spiro atoms. The average Bonchev–Trinajstić information content (AvgIpc) is 2.77. The number of carbonyl (C=O) groups is 2. The summed E-state index contributed by atoms with van der Waals surface area (Å²) >= 11 is 0. The number of ether oxygens (including phenoxy) is 3. The number of amides is 1. The first-order valence-corrected chi connectivity index (χ1v) is 8.88. The monoisotopic (exact) mass is 394 g/mol. The highest BCUT2D eigenvalue weighted by molar-refractivity contribution is 5.96. The summed E-state index contributed by atoms with van der Waals surface area (Å²) in [5.41, 5.74) is 1.30. The van der Waals surface area contributed by atoms with Crippen molar-refractivity contribution in [2.24, 2.45) is 0 Å². The highest BCUT2D eigenvalue weighted by atomic mass is 16.5. The molecule has 0 atom stereocenters. The van der Waals surface area contributed by atoms with Crippen LogP contribution in [0.1, 0.15) is 12.0 Å². The number of hydrogen-bond donors (Lipinski definition) is 0. The molecule has 2 rings (SSSR count). The predicted octanol–water partition coefficient (Wildman–Crippen LogP) is 3.21. The number of nitrogens with zero attached hydrogens (tertiary/aromatic N) is 2. The van der Waals surface area contributed by atoms with Gasteiger partial charge in [-0.05, 0) is 30.3 Å². The second kappa shape index (κ2) is 11.1. The fourth-order valence-corrected chi connectivity index (χ4v) is 2.54. The first kappa shape index (κ1) is 21.5. The van der Waals surface area contributed by atoms with Crippen molar-refractivity contribution in [1.29, 1.82) is 5.26 Å². The van der Waals surface area contributed by atoms with Crippen molar-refractivity contribution in [2.75, 3.05) is 32.3 Å². The van der Waals surface area contributed by atoms with E-state index < -0.39 is 18.5 Å². The maximum atomic E-state index is 12.5. The average molecular weight is 394 g/mol. The molecule has 0 N–H and O–H groups in total. The maximum Gasteiger partial charge on any atom is 0.331 e. The molecule has 0 saturated carbocycles. The SMILES string of the molecule is COc1ccc(/C=C/C(=O)OCC(=O)N(CCC#N)c2ccccc2)c(OC)c1. The molecule has 7 nitrogen and oxygen atoms in total. The van der Waals surface area contributed by atoms with Crippen LogP contribution in [0.2, 0.25) is 0 Å². The number of para-hydroxylation sites is 1. The van der Waals surface area contributed by atoms with Gasteiger partial charge in [0.15, 0.2) is 6.61 Å². The largest absolute Gasteiger partial charge is 0.497 e. The zero-order valence-corrected chi connectivity index (χ0v) is 16.3. The van der Waals surface area contributed by atoms with Gasteiger partial charge in [-0.25, -0.2) is 4.79 Å². The third kappa shape index (κ3) is 6.40. The van der Waals surface area contributed by atoms with Crippen LogP contribution in [0.25, 0.3) is 6.08 Å². The van der Waals surface area contributed by atoms with E-state index in [4.69, 9.17) is 19.5 Å². The number of methoxy groups -OCH3 is 2. The number of rotatable bonds is 9. The first-order valence-electron chi connectivity index (χ1n) is 8.88. The lowest BCUT2D eigenvalue weighted by molar-refractivity contribution is -0.142. The topological polar surface area (TPSA) is 88.9 Å². The molecule has 0 aliphatic rings. The lowest BCUT2D eigenvalue weighted by Crippen LogP contribution is -2.35. The number of esters is 1. The molecule has 150 valence electrons. The van der Waals surface area contributed by atoms with E-state index in [0.29, 0.717) is 22.7 Å². The molecule has 29 heavy (non-hydrogen) atoms. The second-order valence-corrected chi connectivity index (χ2v) is 5.84. The van der Waals surface area contributed by atoms with E-state index >= 15 is 0 Å². The van der Waals surface area contributed by atoms with E-state index in [9.17, 15) is 9.59 Å². The lowest BCUT2D eigenvalue weighted by atomic mass is 10.2. The summed E-state index contributed by atoms with van der Waals surface area (Å²) in [4.78, 5) is 25.9. The molecule has 1 amide bonds. The van der Waals surface area contributed by atoms with Crippen LogP contribution < -0.4 is 14.4 Å². The molecular formula is C22H22N2O5. The molecular weight excluding hydrogens is 372 g/mol. The van der Waals surface area contributed by atoms with Crippen molar-refractivity contribution in [3.8, 4) is 17.6 Å². The standard InChI is InChI=1S/C22H22N2O5/c1-27-19-11-9-17(20(15-19)28-2)10-12-22(26)29-16-21(25)24(14-6-13-23)18-7-4-3-5-8-18/h3-5,7-12,15H,6,14,16H2,1-2H3/b12-10+. The molecule has 0 aromatic heterocycles. The van der Waals surface area contributed by atoms with Gasteiger partial charge in [-0.15, -0.1) is 0 Å². The Kier molecular flexibility index (Phi) is 8.27. The third-order valence-corrected chi connectivity index (χ3v) is 3.99. The van der Waals surface area contributed by atoms with Crippen molar-refractivity contribution >= 4 is 23.6 Å². The normalized spacial score (nSPS) is 10.2. The molecule has 2 aromatic carbocycles. The zero-order chi connectivity index (χ0) is 21.1. The van der Waals surface area contributed by atoms with Crippen LogP contribution >= 0.6 is 0 Å². The van der Waals surface area contributed by atoms with Crippen molar-refractivity contribution in [2.45, 2.75) is 6.42 Å². The number of hydrogen-bond acceptors (Lipinski definition) is 6. The quantitative estimate of drug-likeness (QED) is 0.479. The molecule has 0 fully saturated rings. The highest BCUT2D eigenvalue weighted by Gasteiger charge is 2.16. The Labute approximate surface area is 169 Å². The Balaban J connectivity index is 1.99. The minimum Gasteiger partial charge on any atom is -0.497 e. The van der Waals surface area contributed by atoms with Gasteiger partial charge in [0.25, 0.3) is 5.91 Å². The van der Waals surface area contributed by atoms with Crippen molar-refractivity contribution in [3.05, 3.63) is 60.2 Å². The molecule has 0 bridgehead atoms. The molecule has 0 saturated heterocycles. The molecule has 2 aromatic rings. The summed E-state index contributed by atoms with van der Waals surface area (Å²) in [7, 11) is 3.07. The molecule has 0 aliphatic carbocycles. The van der Waals surface area contributed by atoms with Crippen molar-refractivity contribution < 1.29 is 23.8 Å². The number of anilines is 1. The molecule has 0 aliphatic heterocycles. The van der Waals surface area contributed by atoms with Gasteiger partial charge in [-0.1, -0.05) is 18.2 Å². The van der Waals surface area contributed by atoms with Gasteiger partial charge in [0.2, 0.25) is 0 Å². The fraction of sp³-hybridized carbons (Fsp3) is 0.227. The smallest absolute Gasteiger partial charge is 0.331 e. The van der Waals surface area contributed by atoms with E-state index in [-0.39, 0.29) is 13.0 Å². The minimum absolute atomic E-state index is 0.172. The van der Waals surface area contributed by atoms with Crippen molar-refractivity contribution in [1.82, 2.24) is 0 Å². The van der Waals surface area contributed by atoms with Crippen LogP contribution in [-0.4, -0.2) is 39.2 Å². The highest BCUT2D eigenvalue weighted by Crippen LogP contribution is 2.25. The van der Waals surface area contributed by atoms with Gasteiger partial charge < -0.3 is 19.1 Å². The van der Waals surface area contributed by atoms with Gasteiger partial charge in [0.1, 0.15) is 11.5 Å². The van der Waals surface area contributed by atoms with E-state index in [0.717, 1.165) is 0 Å². The van der Waals surface area contributed by atoms with Crippen LogP contribution in [0.5, 0.6) is 11.5 Å². The summed E-state index contributed by atoms with van der Waals surface area (Å²) in [6.45, 7) is -0.209. The molecule has 7 heteroatoms. The van der Waals surface area contributed by atoms with E-state index in [1.807, 2.05) is 12.1 Å². The Morgan fingerprint density at radius 3 is 2.52 bits per heavy atom. The first-order chi connectivity index (χ1) is 14.1. The van der Waals surface area contributed by atoms with Crippen LogP contribution in [0.15, 0.2) is 54.6 Å². The van der Waals surface area contributed by atoms with Crippen molar-refractivity contribution in [3.63, 3.8) is 0 Å².